The number of aromatic nitrogens is 2. The summed E-state index contributed by atoms with van der Waals surface area (Å²) in [5.41, 5.74) is 0.847. The summed E-state index contributed by atoms with van der Waals surface area (Å²) < 4.78 is 22.4. The van der Waals surface area contributed by atoms with Crippen LogP contribution in [0.5, 0.6) is 0 Å². The number of carbonyl (C=O) groups is 2. The Bertz CT molecular complexity index is 1140. The van der Waals surface area contributed by atoms with Gasteiger partial charge in [-0.05, 0) is 50.7 Å². The van der Waals surface area contributed by atoms with E-state index >= 15 is 0 Å². The van der Waals surface area contributed by atoms with Gasteiger partial charge in [-0.15, -0.1) is 0 Å². The molecule has 0 fully saturated rings. The summed E-state index contributed by atoms with van der Waals surface area (Å²) in [7, 11) is 0. The van der Waals surface area contributed by atoms with Gasteiger partial charge >= 0.3 is 11.9 Å². The highest BCUT2D eigenvalue weighted by Crippen LogP contribution is 2.21. The zero-order valence-corrected chi connectivity index (χ0v) is 22.4. The molecular formula is C30H34N2O6. The van der Waals surface area contributed by atoms with Crippen LogP contribution in [0, 0.1) is 35.5 Å². The van der Waals surface area contributed by atoms with E-state index in [9.17, 15) is 9.59 Å². The summed E-state index contributed by atoms with van der Waals surface area (Å²) in [6, 6.07) is 0. The first-order valence-corrected chi connectivity index (χ1v) is 12.8. The molecule has 2 aromatic rings. The maximum Gasteiger partial charge on any atom is 0.334 e. The Labute approximate surface area is 223 Å². The first-order valence-electron chi connectivity index (χ1n) is 12.8. The van der Waals surface area contributed by atoms with E-state index in [1.807, 2.05) is 13.8 Å². The molecule has 0 saturated carbocycles. The number of carbonyl (C=O) groups excluding carboxylic acids is 2. The lowest BCUT2D eigenvalue weighted by Gasteiger charge is -2.23. The molecule has 1 aliphatic heterocycles. The molecule has 3 rings (SSSR count). The molecule has 8 heteroatoms. The van der Waals surface area contributed by atoms with Gasteiger partial charge in [0.05, 0.1) is 12.4 Å². The molecular weight excluding hydrogens is 484 g/mol. The molecule has 1 aliphatic rings. The van der Waals surface area contributed by atoms with Crippen LogP contribution >= 0.6 is 0 Å². The highest BCUT2D eigenvalue weighted by Gasteiger charge is 2.25. The fraction of sp³-hybridized carbons (Fsp3) is 0.467. The van der Waals surface area contributed by atoms with Crippen molar-refractivity contribution < 1.29 is 27.9 Å². The number of ether oxygens (including phenoxy) is 2. The molecule has 2 aromatic heterocycles. The summed E-state index contributed by atoms with van der Waals surface area (Å²) in [6.07, 6.45) is 11.6. The van der Waals surface area contributed by atoms with Crippen LogP contribution in [-0.4, -0.2) is 34.1 Å². The third-order valence-corrected chi connectivity index (χ3v) is 6.43. The molecule has 4 atom stereocenters. The Morgan fingerprint density at radius 1 is 0.763 bits per heavy atom. The van der Waals surface area contributed by atoms with E-state index in [1.54, 1.807) is 38.4 Å². The number of cyclic esters (lactones) is 2. The van der Waals surface area contributed by atoms with Gasteiger partial charge in [0.2, 0.25) is 0 Å². The summed E-state index contributed by atoms with van der Waals surface area (Å²) in [6.45, 7) is 7.40. The van der Waals surface area contributed by atoms with Crippen molar-refractivity contribution in [1.29, 1.82) is 0 Å². The van der Waals surface area contributed by atoms with Crippen molar-refractivity contribution in [3.8, 4) is 23.7 Å². The number of hydrogen-bond acceptors (Lipinski definition) is 8. The lowest BCUT2D eigenvalue weighted by atomic mass is 9.95. The molecule has 3 heterocycles. The monoisotopic (exact) mass is 518 g/mol. The van der Waals surface area contributed by atoms with Gasteiger partial charge in [0, 0.05) is 36.8 Å². The average Bonchev–Trinajstić information content (AvgIpc) is 3.61. The predicted molar refractivity (Wildman–Crippen MR) is 140 cm³/mol. The van der Waals surface area contributed by atoms with Gasteiger partial charge in [0.1, 0.15) is 23.7 Å². The number of rotatable bonds is 4. The van der Waals surface area contributed by atoms with E-state index in [1.165, 1.54) is 12.8 Å². The molecule has 0 spiro atoms. The number of oxazole rings is 2. The standard InChI is InChI=1S/C30H34N2O6/c1-21-11-7-5-9-13-24(4)30(34)38-28(16-26-18-32-20-36-26)22(2)12-8-6-10-14-23(3)29(33)37-27(21)15-25-17-31-19-35-25/h13-14,17-22,27-28H,7-8,11-12,15-16H2,1-4H3/b23-14+,24-13+/t21-,22-,27-,28-/m1/s1. The van der Waals surface area contributed by atoms with Gasteiger partial charge < -0.3 is 18.3 Å². The molecule has 0 N–H and O–H groups in total. The van der Waals surface area contributed by atoms with Crippen molar-refractivity contribution in [3.63, 3.8) is 0 Å². The van der Waals surface area contributed by atoms with E-state index in [0.29, 0.717) is 61.2 Å². The van der Waals surface area contributed by atoms with Crippen molar-refractivity contribution in [2.45, 2.75) is 78.4 Å². The number of allylic oxidation sites excluding steroid dienone is 2. The van der Waals surface area contributed by atoms with E-state index in [-0.39, 0.29) is 11.8 Å². The minimum Gasteiger partial charge on any atom is -0.458 e. The predicted octanol–water partition coefficient (Wildman–Crippen LogP) is 5.02. The third kappa shape index (κ3) is 9.12. The quantitative estimate of drug-likeness (QED) is 0.411. The van der Waals surface area contributed by atoms with Crippen molar-refractivity contribution in [1.82, 2.24) is 9.97 Å². The molecule has 0 unspecified atom stereocenters. The molecule has 0 amide bonds. The molecule has 0 aromatic carbocycles. The number of nitrogens with zero attached hydrogens (tertiary/aromatic N) is 2. The fourth-order valence-corrected chi connectivity index (χ4v) is 3.81. The first kappa shape index (κ1) is 28.5. The smallest absolute Gasteiger partial charge is 0.334 e. The largest absolute Gasteiger partial charge is 0.458 e. The van der Waals surface area contributed by atoms with E-state index in [2.05, 4.69) is 33.6 Å². The summed E-state index contributed by atoms with van der Waals surface area (Å²) in [5, 5.41) is 0. The lowest BCUT2D eigenvalue weighted by molar-refractivity contribution is -0.147. The van der Waals surface area contributed by atoms with Gasteiger partial charge in [-0.2, -0.15) is 0 Å². The third-order valence-electron chi connectivity index (χ3n) is 6.43. The molecule has 200 valence electrons. The number of esters is 2. The average molecular weight is 519 g/mol. The van der Waals surface area contributed by atoms with Gasteiger partial charge in [-0.1, -0.05) is 37.5 Å². The van der Waals surface area contributed by atoms with Gasteiger partial charge in [-0.25, -0.2) is 19.6 Å². The van der Waals surface area contributed by atoms with Gasteiger partial charge in [-0.3, -0.25) is 0 Å². The highest BCUT2D eigenvalue weighted by molar-refractivity contribution is 5.89. The molecule has 8 nitrogen and oxygen atoms in total. The Morgan fingerprint density at radius 2 is 1.18 bits per heavy atom. The molecule has 38 heavy (non-hydrogen) atoms. The van der Waals surface area contributed by atoms with Crippen molar-refractivity contribution in [3.05, 3.63) is 60.0 Å². The van der Waals surface area contributed by atoms with Crippen molar-refractivity contribution in [2.75, 3.05) is 0 Å². The summed E-state index contributed by atoms with van der Waals surface area (Å²) in [5.74, 6) is 12.5. The van der Waals surface area contributed by atoms with Crippen LogP contribution in [0.1, 0.15) is 64.9 Å². The second-order valence-electron chi connectivity index (χ2n) is 9.56. The Balaban J connectivity index is 1.79. The molecule has 0 saturated heterocycles. The first-order chi connectivity index (χ1) is 18.3. The summed E-state index contributed by atoms with van der Waals surface area (Å²) in [4.78, 5) is 33.5. The Morgan fingerprint density at radius 3 is 1.55 bits per heavy atom. The van der Waals surface area contributed by atoms with E-state index < -0.39 is 24.1 Å². The Kier molecular flexibility index (Phi) is 11.0. The topological polar surface area (TPSA) is 105 Å². The second kappa shape index (κ2) is 14.6. The second-order valence-corrected chi connectivity index (χ2v) is 9.56. The van der Waals surface area contributed by atoms with Crippen LogP contribution in [0.25, 0.3) is 0 Å². The number of hydrogen-bond donors (Lipinski definition) is 0. The molecule has 0 radical (unpaired) electrons. The Hall–Kier alpha value is -4.04. The van der Waals surface area contributed by atoms with Crippen LogP contribution in [0.2, 0.25) is 0 Å². The normalized spacial score (nSPS) is 26.6. The van der Waals surface area contributed by atoms with Crippen LogP contribution < -0.4 is 0 Å². The molecule has 0 bridgehead atoms. The van der Waals surface area contributed by atoms with E-state index in [4.69, 9.17) is 18.3 Å². The maximum absolute atomic E-state index is 12.8. The lowest BCUT2D eigenvalue weighted by Crippen LogP contribution is -2.28. The zero-order valence-electron chi connectivity index (χ0n) is 22.4. The van der Waals surface area contributed by atoms with Crippen molar-refractivity contribution in [2.24, 2.45) is 11.8 Å². The SMILES string of the molecule is C/C1=C\C#CCC[C@@H](C)[C@@H](Cc2cnco2)OC(=O)/C(C)=C/C#CCC[C@@H](C)[C@@H](Cc2cnco2)OC1=O. The van der Waals surface area contributed by atoms with Crippen LogP contribution in [0.4, 0.5) is 0 Å². The van der Waals surface area contributed by atoms with Crippen LogP contribution in [0.15, 0.2) is 57.3 Å². The minimum atomic E-state index is -0.415. The van der Waals surface area contributed by atoms with Crippen LogP contribution in [-0.2, 0) is 31.9 Å². The van der Waals surface area contributed by atoms with E-state index in [0.717, 1.165) is 0 Å². The van der Waals surface area contributed by atoms with Crippen molar-refractivity contribution >= 4 is 11.9 Å². The summed E-state index contributed by atoms with van der Waals surface area (Å²) >= 11 is 0. The fourth-order valence-electron chi connectivity index (χ4n) is 3.81. The van der Waals surface area contributed by atoms with Crippen LogP contribution in [0.3, 0.4) is 0 Å². The maximum atomic E-state index is 12.8. The highest BCUT2D eigenvalue weighted by atomic mass is 16.5. The molecule has 0 aliphatic carbocycles. The minimum absolute atomic E-state index is 0.0104. The van der Waals surface area contributed by atoms with Gasteiger partial charge in [0.15, 0.2) is 12.8 Å². The zero-order chi connectivity index (χ0) is 27.3. The van der Waals surface area contributed by atoms with Gasteiger partial charge in [0.25, 0.3) is 0 Å².